The molecule has 2 aromatic heterocycles. The van der Waals surface area contributed by atoms with Gasteiger partial charge in [-0.3, -0.25) is 19.7 Å². The van der Waals surface area contributed by atoms with Gasteiger partial charge in [-0.2, -0.15) is 26.3 Å². The van der Waals surface area contributed by atoms with Gasteiger partial charge in [0.1, 0.15) is 17.0 Å². The number of aromatic nitrogens is 2. The molecule has 0 saturated carbocycles. The van der Waals surface area contributed by atoms with E-state index in [0.29, 0.717) is 24.1 Å². The highest BCUT2D eigenvalue weighted by atomic mass is 19.4. The van der Waals surface area contributed by atoms with Gasteiger partial charge in [-0.05, 0) is 54.8 Å². The van der Waals surface area contributed by atoms with E-state index in [0.717, 1.165) is 11.0 Å². The van der Waals surface area contributed by atoms with Crippen LogP contribution in [0.1, 0.15) is 42.7 Å². The van der Waals surface area contributed by atoms with E-state index in [2.05, 4.69) is 15.3 Å². The van der Waals surface area contributed by atoms with Crippen LogP contribution in [-0.2, 0) is 28.9 Å². The van der Waals surface area contributed by atoms with Crippen molar-refractivity contribution in [1.29, 1.82) is 0 Å². The van der Waals surface area contributed by atoms with Gasteiger partial charge in [0.2, 0.25) is 0 Å². The first-order chi connectivity index (χ1) is 19.1. The summed E-state index contributed by atoms with van der Waals surface area (Å²) in [5.41, 5.74) is -7.05. The lowest BCUT2D eigenvalue weighted by atomic mass is 9.90. The number of amides is 3. The third-order valence-electron chi connectivity index (χ3n) is 6.69. The quantitative estimate of drug-likeness (QED) is 0.269. The average Bonchev–Trinajstić information content (AvgIpc) is 3.12. The second kappa shape index (κ2) is 10.7. The molecule has 1 unspecified atom stereocenters. The molecule has 0 spiro atoms. The van der Waals surface area contributed by atoms with Crippen molar-refractivity contribution in [2.75, 3.05) is 0 Å². The predicted molar refractivity (Wildman–Crippen MR) is 131 cm³/mol. The summed E-state index contributed by atoms with van der Waals surface area (Å²) in [7, 11) is 0. The summed E-state index contributed by atoms with van der Waals surface area (Å²) in [5.74, 6) is -0.477. The van der Waals surface area contributed by atoms with E-state index in [4.69, 9.17) is 4.74 Å². The standard InChI is InChI=1S/C27H24F6N4O4/c1-3-4-16-13-18(25(40,26(28,29)30)27(31,32)33)5-6-21(16)41-20-9-12-35-19(14-20)15-37-22(38)24(2,36-23(37)39)17-7-10-34-11-8-17/h5-14,40H,3-4,15H2,1-2H3,(H,36,39). The Morgan fingerprint density at radius 3 is 2.24 bits per heavy atom. The predicted octanol–water partition coefficient (Wildman–Crippen LogP) is 5.50. The minimum Gasteiger partial charge on any atom is -0.457 e. The number of hydrogen-bond acceptors (Lipinski definition) is 6. The van der Waals surface area contributed by atoms with E-state index >= 15 is 0 Å². The number of imide groups is 1. The molecule has 0 radical (unpaired) electrons. The van der Waals surface area contributed by atoms with E-state index < -0.39 is 41.0 Å². The number of halogens is 6. The van der Waals surface area contributed by atoms with Crippen molar-refractivity contribution in [2.45, 2.75) is 56.7 Å². The second-order valence-corrected chi connectivity index (χ2v) is 9.55. The molecule has 4 rings (SSSR count). The summed E-state index contributed by atoms with van der Waals surface area (Å²) >= 11 is 0. The number of hydrogen-bond donors (Lipinski definition) is 2. The molecule has 0 aliphatic carbocycles. The first kappa shape index (κ1) is 29.8. The Kier molecular flexibility index (Phi) is 7.74. The van der Waals surface area contributed by atoms with Crippen molar-refractivity contribution in [3.05, 3.63) is 83.4 Å². The lowest BCUT2D eigenvalue weighted by molar-refractivity contribution is -0.376. The summed E-state index contributed by atoms with van der Waals surface area (Å²) < 4.78 is 86.1. The molecular weight excluding hydrogens is 558 g/mol. The molecular formula is C27H24F6N4O4. The average molecular weight is 583 g/mol. The van der Waals surface area contributed by atoms with Crippen LogP contribution in [-0.4, -0.2) is 44.3 Å². The number of carbonyl (C=O) groups is 2. The van der Waals surface area contributed by atoms with Crippen molar-refractivity contribution < 1.29 is 45.8 Å². The molecule has 3 heterocycles. The Morgan fingerprint density at radius 2 is 1.63 bits per heavy atom. The van der Waals surface area contributed by atoms with Crippen LogP contribution in [0.2, 0.25) is 0 Å². The fourth-order valence-corrected chi connectivity index (χ4v) is 4.47. The molecule has 2 N–H and O–H groups in total. The second-order valence-electron chi connectivity index (χ2n) is 9.55. The minimum atomic E-state index is -6.02. The Balaban J connectivity index is 1.60. The van der Waals surface area contributed by atoms with Crippen LogP contribution >= 0.6 is 0 Å². The van der Waals surface area contributed by atoms with Gasteiger partial charge >= 0.3 is 18.4 Å². The van der Waals surface area contributed by atoms with Gasteiger partial charge in [-0.25, -0.2) is 4.79 Å². The lowest BCUT2D eigenvalue weighted by Gasteiger charge is -2.33. The summed E-state index contributed by atoms with van der Waals surface area (Å²) in [6.07, 6.45) is -7.38. The summed E-state index contributed by atoms with van der Waals surface area (Å²) in [4.78, 5) is 34.8. The zero-order chi connectivity index (χ0) is 30.2. The number of nitrogens with one attached hydrogen (secondary N) is 1. The molecule has 41 heavy (non-hydrogen) atoms. The number of benzene rings is 1. The lowest BCUT2D eigenvalue weighted by Crippen LogP contribution is -2.53. The first-order valence-corrected chi connectivity index (χ1v) is 12.3. The number of alkyl halides is 6. The van der Waals surface area contributed by atoms with E-state index in [1.165, 1.54) is 30.7 Å². The van der Waals surface area contributed by atoms with E-state index in [1.54, 1.807) is 26.0 Å². The van der Waals surface area contributed by atoms with Crippen LogP contribution in [0.5, 0.6) is 11.5 Å². The maximum atomic E-state index is 13.4. The Hall–Kier alpha value is -4.20. The fraction of sp³-hybridized carbons (Fsp3) is 0.333. The van der Waals surface area contributed by atoms with Crippen molar-refractivity contribution in [1.82, 2.24) is 20.2 Å². The van der Waals surface area contributed by atoms with Crippen LogP contribution < -0.4 is 10.1 Å². The SMILES string of the molecule is CCCc1cc(C(O)(C(F)(F)F)C(F)(F)F)ccc1Oc1ccnc(CN2C(=O)NC(C)(c3ccncc3)C2=O)c1. The maximum absolute atomic E-state index is 13.4. The molecule has 1 aromatic carbocycles. The number of aryl methyl sites for hydroxylation is 1. The van der Waals surface area contributed by atoms with Gasteiger partial charge in [0.05, 0.1) is 12.2 Å². The number of nitrogens with zero attached hydrogens (tertiary/aromatic N) is 3. The minimum absolute atomic E-state index is 0.00231. The van der Waals surface area contributed by atoms with Crippen molar-refractivity contribution >= 4 is 11.9 Å². The molecule has 218 valence electrons. The molecule has 1 aliphatic heterocycles. The molecule has 1 saturated heterocycles. The Labute approximate surface area is 230 Å². The Morgan fingerprint density at radius 1 is 0.976 bits per heavy atom. The smallest absolute Gasteiger partial charge is 0.430 e. The van der Waals surface area contributed by atoms with Crippen LogP contribution in [0.4, 0.5) is 31.1 Å². The molecule has 1 atom stereocenters. The fourth-order valence-electron chi connectivity index (χ4n) is 4.47. The van der Waals surface area contributed by atoms with Crippen LogP contribution in [0.15, 0.2) is 61.1 Å². The highest BCUT2D eigenvalue weighted by molar-refractivity contribution is 6.07. The normalized spacial score (nSPS) is 18.0. The molecule has 14 heteroatoms. The van der Waals surface area contributed by atoms with Gasteiger partial charge in [0, 0.05) is 30.2 Å². The van der Waals surface area contributed by atoms with Crippen molar-refractivity contribution in [3.8, 4) is 11.5 Å². The zero-order valence-corrected chi connectivity index (χ0v) is 21.7. The van der Waals surface area contributed by atoms with Crippen LogP contribution in [0.25, 0.3) is 0 Å². The zero-order valence-electron chi connectivity index (χ0n) is 21.7. The highest BCUT2D eigenvalue weighted by Gasteiger charge is 2.71. The van der Waals surface area contributed by atoms with Crippen molar-refractivity contribution in [2.24, 2.45) is 0 Å². The van der Waals surface area contributed by atoms with Crippen LogP contribution in [0.3, 0.4) is 0 Å². The molecule has 8 nitrogen and oxygen atoms in total. The third kappa shape index (κ3) is 5.43. The molecule has 1 aliphatic rings. The van der Waals surface area contributed by atoms with E-state index in [9.17, 15) is 41.0 Å². The number of carbonyl (C=O) groups excluding carboxylic acids is 2. The first-order valence-electron chi connectivity index (χ1n) is 12.3. The van der Waals surface area contributed by atoms with Gasteiger partial charge in [0.25, 0.3) is 11.5 Å². The van der Waals surface area contributed by atoms with Gasteiger partial charge < -0.3 is 15.2 Å². The third-order valence-corrected chi connectivity index (χ3v) is 6.69. The molecule has 3 amide bonds. The number of urea groups is 1. The highest BCUT2D eigenvalue weighted by Crippen LogP contribution is 2.50. The van der Waals surface area contributed by atoms with Crippen LogP contribution in [0, 0.1) is 0 Å². The summed E-state index contributed by atoms with van der Waals surface area (Å²) in [5, 5.41) is 12.4. The monoisotopic (exact) mass is 582 g/mol. The van der Waals surface area contributed by atoms with Gasteiger partial charge in [-0.15, -0.1) is 0 Å². The maximum Gasteiger partial charge on any atom is 0.430 e. The Bertz CT molecular complexity index is 1430. The largest absolute Gasteiger partial charge is 0.457 e. The van der Waals surface area contributed by atoms with E-state index in [-0.39, 0.29) is 35.7 Å². The number of ether oxygens (including phenoxy) is 1. The molecule has 0 bridgehead atoms. The molecule has 3 aromatic rings. The van der Waals surface area contributed by atoms with Gasteiger partial charge in [0.15, 0.2) is 0 Å². The number of aliphatic hydroxyl groups is 1. The topological polar surface area (TPSA) is 105 Å². The number of rotatable bonds is 8. The van der Waals surface area contributed by atoms with Crippen molar-refractivity contribution in [3.63, 3.8) is 0 Å². The number of pyridine rings is 2. The molecule has 1 fully saturated rings. The van der Waals surface area contributed by atoms with Gasteiger partial charge in [-0.1, -0.05) is 19.4 Å². The van der Waals surface area contributed by atoms with E-state index in [1.807, 2.05) is 0 Å². The summed E-state index contributed by atoms with van der Waals surface area (Å²) in [6.45, 7) is 2.97. The summed E-state index contributed by atoms with van der Waals surface area (Å²) in [6, 6.07) is 7.34.